The molecule has 4 nitrogen and oxygen atoms in total. The van der Waals surface area contributed by atoms with E-state index in [0.717, 1.165) is 0 Å². The van der Waals surface area contributed by atoms with Crippen molar-refractivity contribution < 1.29 is 19.7 Å². The predicted molar refractivity (Wildman–Crippen MR) is 32.2 cm³/mol. The highest BCUT2D eigenvalue weighted by atomic mass is 16.6. The van der Waals surface area contributed by atoms with Crippen molar-refractivity contribution in [3.05, 3.63) is 0 Å². The third-order valence-electron chi connectivity index (χ3n) is 1.50. The van der Waals surface area contributed by atoms with E-state index < -0.39 is 18.2 Å². The monoisotopic (exact) mass is 146 g/mol. The van der Waals surface area contributed by atoms with Gasteiger partial charge in [0.1, 0.15) is 6.10 Å². The molecular formula is C6H10O4. The number of esters is 1. The van der Waals surface area contributed by atoms with Crippen LogP contribution in [0.25, 0.3) is 0 Å². The van der Waals surface area contributed by atoms with Crippen molar-refractivity contribution in [2.45, 2.75) is 31.7 Å². The van der Waals surface area contributed by atoms with Crippen molar-refractivity contribution in [3.63, 3.8) is 0 Å². The maximum atomic E-state index is 10.6. The first kappa shape index (κ1) is 7.50. The zero-order chi connectivity index (χ0) is 7.72. The van der Waals surface area contributed by atoms with Crippen LogP contribution in [-0.4, -0.2) is 34.5 Å². The minimum absolute atomic E-state index is 0.286. The smallest absolute Gasteiger partial charge is 0.337 e. The zero-order valence-corrected chi connectivity index (χ0v) is 5.65. The van der Waals surface area contributed by atoms with Crippen LogP contribution in [-0.2, 0) is 9.53 Å². The van der Waals surface area contributed by atoms with Crippen LogP contribution in [0.2, 0.25) is 0 Å². The Bertz CT molecular complexity index is 145. The van der Waals surface area contributed by atoms with Gasteiger partial charge in [-0.25, -0.2) is 4.79 Å². The largest absolute Gasteiger partial charge is 0.461 e. The Kier molecular flexibility index (Phi) is 1.92. The number of aliphatic hydroxyl groups excluding tert-OH is 2. The summed E-state index contributed by atoms with van der Waals surface area (Å²) in [6, 6.07) is 0. The lowest BCUT2D eigenvalue weighted by Crippen LogP contribution is -2.44. The molecule has 2 N–H and O–H groups in total. The van der Waals surface area contributed by atoms with E-state index in [1.807, 2.05) is 0 Å². The molecule has 1 rings (SSSR count). The molecule has 0 aromatic carbocycles. The third-order valence-corrected chi connectivity index (χ3v) is 1.50. The fourth-order valence-corrected chi connectivity index (χ4v) is 0.942. The van der Waals surface area contributed by atoms with E-state index in [1.54, 1.807) is 6.92 Å². The average Bonchev–Trinajstić information content (AvgIpc) is 1.82. The van der Waals surface area contributed by atoms with Gasteiger partial charge in [-0.1, -0.05) is 0 Å². The normalized spacial score (nSPS) is 41.1. The Morgan fingerprint density at radius 2 is 2.20 bits per heavy atom. The highest BCUT2D eigenvalue weighted by Crippen LogP contribution is 2.14. The Hall–Kier alpha value is -0.610. The topological polar surface area (TPSA) is 66.8 Å². The summed E-state index contributed by atoms with van der Waals surface area (Å²) >= 11 is 0. The Balaban J connectivity index is 2.57. The predicted octanol–water partition coefficient (Wildman–Crippen LogP) is -0.956. The quantitative estimate of drug-likeness (QED) is 0.432. The summed E-state index contributed by atoms with van der Waals surface area (Å²) in [5, 5.41) is 17.8. The van der Waals surface area contributed by atoms with Crippen LogP contribution in [0.4, 0.5) is 0 Å². The summed E-state index contributed by atoms with van der Waals surface area (Å²) in [5.74, 6) is -0.730. The number of cyclic esters (lactones) is 1. The number of aliphatic hydroxyl groups is 2. The molecule has 58 valence electrons. The molecule has 4 heteroatoms. The molecule has 3 atom stereocenters. The minimum atomic E-state index is -1.35. The molecule has 10 heavy (non-hydrogen) atoms. The number of carbonyl (C=O) groups is 1. The highest BCUT2D eigenvalue weighted by molar-refractivity contribution is 5.76. The Morgan fingerprint density at radius 3 is 2.70 bits per heavy atom. The van der Waals surface area contributed by atoms with Gasteiger partial charge in [0.2, 0.25) is 0 Å². The van der Waals surface area contributed by atoms with E-state index in [2.05, 4.69) is 4.74 Å². The van der Waals surface area contributed by atoms with Gasteiger partial charge in [-0.05, 0) is 6.92 Å². The first-order valence-corrected chi connectivity index (χ1v) is 3.18. The molecule has 0 amide bonds. The van der Waals surface area contributed by atoms with Crippen molar-refractivity contribution in [2.75, 3.05) is 0 Å². The molecule has 0 radical (unpaired) electrons. The van der Waals surface area contributed by atoms with Crippen LogP contribution >= 0.6 is 0 Å². The molecule has 0 aromatic rings. The number of rotatable bonds is 0. The second-order valence-electron chi connectivity index (χ2n) is 2.50. The third kappa shape index (κ3) is 1.27. The van der Waals surface area contributed by atoms with Gasteiger partial charge in [-0.15, -0.1) is 0 Å². The minimum Gasteiger partial charge on any atom is -0.461 e. The van der Waals surface area contributed by atoms with Gasteiger partial charge >= 0.3 is 5.97 Å². The molecule has 1 heterocycles. The molecule has 1 saturated heterocycles. The van der Waals surface area contributed by atoms with E-state index in [4.69, 9.17) is 10.2 Å². The summed E-state index contributed by atoms with van der Waals surface area (Å²) in [4.78, 5) is 10.6. The van der Waals surface area contributed by atoms with Gasteiger partial charge in [0.25, 0.3) is 0 Å². The lowest BCUT2D eigenvalue weighted by atomic mass is 10.0. The van der Waals surface area contributed by atoms with E-state index in [-0.39, 0.29) is 6.10 Å². The van der Waals surface area contributed by atoms with Crippen molar-refractivity contribution in [1.82, 2.24) is 0 Å². The Labute approximate surface area is 58.4 Å². The molecule has 0 saturated carbocycles. The van der Waals surface area contributed by atoms with Crippen molar-refractivity contribution in [2.24, 2.45) is 0 Å². The van der Waals surface area contributed by atoms with Gasteiger partial charge in [-0.2, -0.15) is 0 Å². The fraction of sp³-hybridized carbons (Fsp3) is 0.833. The number of hydrogen-bond donors (Lipinski definition) is 2. The van der Waals surface area contributed by atoms with Gasteiger partial charge in [0.15, 0.2) is 6.10 Å². The molecule has 0 spiro atoms. The lowest BCUT2D eigenvalue weighted by molar-refractivity contribution is -0.177. The van der Waals surface area contributed by atoms with Gasteiger partial charge in [-0.3, -0.25) is 0 Å². The van der Waals surface area contributed by atoms with Crippen LogP contribution < -0.4 is 0 Å². The molecule has 0 aromatic heterocycles. The fourth-order valence-electron chi connectivity index (χ4n) is 0.942. The van der Waals surface area contributed by atoms with Gasteiger partial charge in [0, 0.05) is 6.42 Å². The van der Waals surface area contributed by atoms with Crippen LogP contribution in [0, 0.1) is 0 Å². The molecular weight excluding hydrogens is 136 g/mol. The van der Waals surface area contributed by atoms with E-state index in [1.165, 1.54) is 0 Å². The number of hydrogen-bond acceptors (Lipinski definition) is 4. The van der Waals surface area contributed by atoms with Crippen LogP contribution in [0.3, 0.4) is 0 Å². The van der Waals surface area contributed by atoms with Gasteiger partial charge < -0.3 is 14.9 Å². The zero-order valence-electron chi connectivity index (χ0n) is 5.65. The maximum absolute atomic E-state index is 10.6. The molecule has 0 bridgehead atoms. The van der Waals surface area contributed by atoms with E-state index in [0.29, 0.717) is 6.42 Å². The van der Waals surface area contributed by atoms with Crippen LogP contribution in [0.5, 0.6) is 0 Å². The summed E-state index contributed by atoms with van der Waals surface area (Å²) < 4.78 is 4.62. The highest BCUT2D eigenvalue weighted by Gasteiger charge is 2.33. The van der Waals surface area contributed by atoms with Crippen LogP contribution in [0.15, 0.2) is 0 Å². The summed E-state index contributed by atoms with van der Waals surface area (Å²) in [6.07, 6.45) is -2.29. The number of ether oxygens (including phenoxy) is 1. The van der Waals surface area contributed by atoms with Crippen molar-refractivity contribution in [3.8, 4) is 0 Å². The van der Waals surface area contributed by atoms with E-state index in [9.17, 15) is 4.79 Å². The summed E-state index contributed by atoms with van der Waals surface area (Å²) in [7, 11) is 0. The maximum Gasteiger partial charge on any atom is 0.337 e. The first-order chi connectivity index (χ1) is 4.61. The van der Waals surface area contributed by atoms with Crippen molar-refractivity contribution in [1.29, 1.82) is 0 Å². The van der Waals surface area contributed by atoms with Crippen LogP contribution in [0.1, 0.15) is 13.3 Å². The average molecular weight is 146 g/mol. The molecule has 1 aliphatic rings. The molecule has 1 aliphatic heterocycles. The first-order valence-electron chi connectivity index (χ1n) is 3.18. The lowest BCUT2D eigenvalue weighted by Gasteiger charge is -2.26. The second kappa shape index (κ2) is 2.56. The van der Waals surface area contributed by atoms with E-state index >= 15 is 0 Å². The molecule has 0 aliphatic carbocycles. The summed E-state index contributed by atoms with van der Waals surface area (Å²) in [5.41, 5.74) is 0. The SMILES string of the molecule is C[C@H]1C[C@H](O)[C@@H](O)C(=O)O1. The second-order valence-corrected chi connectivity index (χ2v) is 2.50. The molecule has 0 unspecified atom stereocenters. The molecule has 1 fully saturated rings. The Morgan fingerprint density at radius 1 is 1.60 bits per heavy atom. The number of carbonyl (C=O) groups excluding carboxylic acids is 1. The standard InChI is InChI=1S/C6H10O4/c1-3-2-4(7)5(8)6(9)10-3/h3-5,7-8H,2H2,1H3/t3-,4-,5+/m0/s1. The van der Waals surface area contributed by atoms with Gasteiger partial charge in [0.05, 0.1) is 6.10 Å². The summed E-state index contributed by atoms with van der Waals surface area (Å²) in [6.45, 7) is 1.67. The van der Waals surface area contributed by atoms with Crippen molar-refractivity contribution >= 4 is 5.97 Å².